The van der Waals surface area contributed by atoms with Crippen molar-refractivity contribution in [2.24, 2.45) is 0 Å². The summed E-state index contributed by atoms with van der Waals surface area (Å²) in [5.74, 6) is -0.426. The van der Waals surface area contributed by atoms with Gasteiger partial charge in [-0.3, -0.25) is 9.59 Å². The van der Waals surface area contributed by atoms with E-state index in [1.165, 1.54) is 19.1 Å². The van der Waals surface area contributed by atoms with Crippen LogP contribution in [-0.4, -0.2) is 96.3 Å². The summed E-state index contributed by atoms with van der Waals surface area (Å²) in [5, 5.41) is -0.139. The molecule has 0 radical (unpaired) electrons. The standard InChI is InChI=1S/C26H28ClF3N6O4/c1-3-18(37)35-4-5-36-15(12-35)13-40-23-19(25(36)38)24(34-6-8-39-9-7-34)33-22(20(23)27)21-16(11-26(28,29)30)14(2)10-17(31)32-21/h3,10,15H,1,4-9,11-13H2,2H3,(H2,31,32). The third-order valence-electron chi connectivity index (χ3n) is 7.22. The molecule has 5 rings (SSSR count). The van der Waals surface area contributed by atoms with Crippen molar-refractivity contribution in [3.05, 3.63) is 40.4 Å². The summed E-state index contributed by atoms with van der Waals surface area (Å²) in [6.07, 6.45) is -4.59. The van der Waals surface area contributed by atoms with Crippen LogP contribution in [-0.2, 0) is 16.0 Å². The van der Waals surface area contributed by atoms with Crippen molar-refractivity contribution in [1.29, 1.82) is 0 Å². The van der Waals surface area contributed by atoms with Gasteiger partial charge >= 0.3 is 6.18 Å². The van der Waals surface area contributed by atoms with E-state index < -0.39 is 24.5 Å². The van der Waals surface area contributed by atoms with Crippen LogP contribution in [0.5, 0.6) is 5.75 Å². The molecule has 2 amide bonds. The molecule has 0 aliphatic carbocycles. The predicted molar refractivity (Wildman–Crippen MR) is 142 cm³/mol. The van der Waals surface area contributed by atoms with E-state index in [9.17, 15) is 22.8 Å². The highest BCUT2D eigenvalue weighted by molar-refractivity contribution is 6.35. The number of aryl methyl sites for hydroxylation is 1. The fourth-order valence-electron chi connectivity index (χ4n) is 5.28. The van der Waals surface area contributed by atoms with Gasteiger partial charge in [0.05, 0.1) is 31.4 Å². The fraction of sp³-hybridized carbons (Fsp3) is 0.462. The summed E-state index contributed by atoms with van der Waals surface area (Å²) in [4.78, 5) is 40.2. The van der Waals surface area contributed by atoms with Gasteiger partial charge in [-0.1, -0.05) is 18.2 Å². The maximum atomic E-state index is 14.0. The minimum absolute atomic E-state index is 0.000240. The summed E-state index contributed by atoms with van der Waals surface area (Å²) < 4.78 is 52.4. The normalized spacial score (nSPS) is 19.5. The number of morpholine rings is 1. The number of halogens is 4. The molecule has 0 bridgehead atoms. The maximum Gasteiger partial charge on any atom is 0.393 e. The Hall–Kier alpha value is -3.58. The van der Waals surface area contributed by atoms with Crippen molar-refractivity contribution in [2.45, 2.75) is 25.6 Å². The molecule has 2 aromatic heterocycles. The average Bonchev–Trinajstić information content (AvgIpc) is 3.06. The molecule has 3 aliphatic heterocycles. The number of amides is 2. The van der Waals surface area contributed by atoms with Crippen molar-refractivity contribution in [1.82, 2.24) is 19.8 Å². The van der Waals surface area contributed by atoms with E-state index in [1.807, 2.05) is 4.90 Å². The van der Waals surface area contributed by atoms with Crippen LogP contribution in [0.1, 0.15) is 21.5 Å². The van der Waals surface area contributed by atoms with E-state index in [2.05, 4.69) is 16.5 Å². The summed E-state index contributed by atoms with van der Waals surface area (Å²) >= 11 is 6.82. The second-order valence-electron chi connectivity index (χ2n) is 9.84. The van der Waals surface area contributed by atoms with Crippen molar-refractivity contribution in [3.63, 3.8) is 0 Å². The number of carbonyl (C=O) groups excluding carboxylic acids is 2. The lowest BCUT2D eigenvalue weighted by molar-refractivity contribution is -0.129. The summed E-state index contributed by atoms with van der Waals surface area (Å²) in [5.41, 5.74) is 6.03. The van der Waals surface area contributed by atoms with Gasteiger partial charge in [0.1, 0.15) is 34.5 Å². The van der Waals surface area contributed by atoms with E-state index in [0.29, 0.717) is 32.8 Å². The highest BCUT2D eigenvalue weighted by atomic mass is 35.5. The SMILES string of the molecule is C=CC(=O)N1CCN2C(=O)c3c(N4CCOCC4)nc(-c4nc(N)cc(C)c4CC(F)(F)F)c(Cl)c3OCC2C1. The lowest BCUT2D eigenvalue weighted by atomic mass is 10.00. The molecule has 2 saturated heterocycles. The van der Waals surface area contributed by atoms with E-state index in [4.69, 9.17) is 26.8 Å². The zero-order valence-electron chi connectivity index (χ0n) is 21.8. The first-order valence-electron chi connectivity index (χ1n) is 12.7. The second kappa shape index (κ2) is 10.8. The van der Waals surface area contributed by atoms with E-state index >= 15 is 0 Å². The van der Waals surface area contributed by atoms with Gasteiger partial charge in [0.2, 0.25) is 5.91 Å². The number of hydrogen-bond acceptors (Lipinski definition) is 8. The topological polar surface area (TPSA) is 114 Å². The number of alkyl halides is 3. The first-order valence-corrected chi connectivity index (χ1v) is 13.1. The summed E-state index contributed by atoms with van der Waals surface area (Å²) in [7, 11) is 0. The molecule has 1 unspecified atom stereocenters. The Bertz CT molecular complexity index is 1370. The first kappa shape index (κ1) is 28.0. The molecule has 0 saturated carbocycles. The molecule has 1 atom stereocenters. The van der Waals surface area contributed by atoms with E-state index in [1.54, 1.807) is 9.80 Å². The Morgan fingerprint density at radius 3 is 2.62 bits per heavy atom. The molecule has 14 heteroatoms. The van der Waals surface area contributed by atoms with Crippen LogP contribution in [0.25, 0.3) is 11.4 Å². The molecular formula is C26H28ClF3N6O4. The molecule has 2 aromatic rings. The Balaban J connectivity index is 1.68. The number of nitrogens with two attached hydrogens (primary N) is 1. The van der Waals surface area contributed by atoms with Gasteiger partial charge < -0.3 is 29.9 Å². The predicted octanol–water partition coefficient (Wildman–Crippen LogP) is 2.86. The Labute approximate surface area is 233 Å². The Morgan fingerprint density at radius 1 is 1.23 bits per heavy atom. The number of piperazine rings is 1. The number of nitrogen functional groups attached to an aromatic ring is 1. The van der Waals surface area contributed by atoms with Gasteiger partial charge in [-0.15, -0.1) is 0 Å². The molecule has 0 aromatic carbocycles. The number of carbonyl (C=O) groups is 2. The molecule has 10 nitrogen and oxygen atoms in total. The average molecular weight is 581 g/mol. The molecule has 2 N–H and O–H groups in total. The highest BCUT2D eigenvalue weighted by Crippen LogP contribution is 2.45. The zero-order valence-corrected chi connectivity index (χ0v) is 22.5. The largest absolute Gasteiger partial charge is 0.489 e. The van der Waals surface area contributed by atoms with Crippen LogP contribution in [0.15, 0.2) is 18.7 Å². The number of fused-ring (bicyclic) bond motifs is 2. The molecular weight excluding hydrogens is 553 g/mol. The van der Waals surface area contributed by atoms with Crippen molar-refractivity contribution < 1.29 is 32.2 Å². The Morgan fingerprint density at radius 2 is 1.95 bits per heavy atom. The van der Waals surface area contributed by atoms with E-state index in [0.717, 1.165) is 0 Å². The van der Waals surface area contributed by atoms with Gasteiger partial charge in [-0.05, 0) is 30.2 Å². The maximum absolute atomic E-state index is 14.0. The van der Waals surface area contributed by atoms with Crippen LogP contribution < -0.4 is 15.4 Å². The Kier molecular flexibility index (Phi) is 7.53. The smallest absolute Gasteiger partial charge is 0.393 e. The van der Waals surface area contributed by atoms with Crippen LogP contribution in [0, 0.1) is 6.92 Å². The fourth-order valence-corrected chi connectivity index (χ4v) is 5.56. The number of hydrogen-bond donors (Lipinski definition) is 1. The number of nitrogens with zero attached hydrogens (tertiary/aromatic N) is 5. The van der Waals surface area contributed by atoms with Gasteiger partial charge in [0.15, 0.2) is 5.75 Å². The highest BCUT2D eigenvalue weighted by Gasteiger charge is 2.41. The van der Waals surface area contributed by atoms with Crippen LogP contribution >= 0.6 is 11.6 Å². The minimum atomic E-state index is -4.54. The van der Waals surface area contributed by atoms with Gasteiger partial charge in [-0.2, -0.15) is 13.2 Å². The molecule has 40 heavy (non-hydrogen) atoms. The van der Waals surface area contributed by atoms with Crippen LogP contribution in [0.4, 0.5) is 24.8 Å². The molecule has 214 valence electrons. The van der Waals surface area contributed by atoms with E-state index in [-0.39, 0.29) is 76.1 Å². The number of rotatable bonds is 4. The van der Waals surface area contributed by atoms with Gasteiger partial charge in [-0.25, -0.2) is 9.97 Å². The third-order valence-corrected chi connectivity index (χ3v) is 7.57. The zero-order chi connectivity index (χ0) is 28.8. The van der Waals surface area contributed by atoms with Crippen LogP contribution in [0.3, 0.4) is 0 Å². The lowest BCUT2D eigenvalue weighted by Gasteiger charge is -2.39. The second-order valence-corrected chi connectivity index (χ2v) is 10.2. The number of aromatic nitrogens is 2. The molecule has 2 fully saturated rings. The lowest BCUT2D eigenvalue weighted by Crippen LogP contribution is -2.57. The monoisotopic (exact) mass is 580 g/mol. The molecule has 5 heterocycles. The summed E-state index contributed by atoms with van der Waals surface area (Å²) in [6, 6.07) is 0.877. The minimum Gasteiger partial charge on any atom is -0.489 e. The third kappa shape index (κ3) is 5.27. The van der Waals surface area contributed by atoms with Crippen molar-refractivity contribution in [3.8, 4) is 17.1 Å². The van der Waals surface area contributed by atoms with Crippen molar-refractivity contribution >= 4 is 35.1 Å². The number of anilines is 2. The van der Waals surface area contributed by atoms with Gasteiger partial charge in [0, 0.05) is 32.7 Å². The van der Waals surface area contributed by atoms with Crippen molar-refractivity contribution in [2.75, 3.05) is 63.2 Å². The molecule has 3 aliphatic rings. The molecule has 0 spiro atoms. The quantitative estimate of drug-likeness (QED) is 0.549. The number of pyridine rings is 2. The van der Waals surface area contributed by atoms with Gasteiger partial charge in [0.25, 0.3) is 5.91 Å². The number of ether oxygens (including phenoxy) is 2. The summed E-state index contributed by atoms with van der Waals surface area (Å²) in [6.45, 7) is 7.33. The first-order chi connectivity index (χ1) is 19.0. The van der Waals surface area contributed by atoms with Crippen LogP contribution in [0.2, 0.25) is 5.02 Å².